The summed E-state index contributed by atoms with van der Waals surface area (Å²) in [6.45, 7) is 4.57. The highest BCUT2D eigenvalue weighted by Crippen LogP contribution is 2.46. The van der Waals surface area contributed by atoms with Gasteiger partial charge in [0.2, 0.25) is 0 Å². The van der Waals surface area contributed by atoms with Crippen LogP contribution in [0, 0.1) is 0 Å². The number of aromatic hydroxyl groups is 2. The second-order valence-electron chi connectivity index (χ2n) is 10.4. The number of hydrogen-bond donors (Lipinski definition) is 2. The molecule has 0 bridgehead atoms. The van der Waals surface area contributed by atoms with Gasteiger partial charge in [-0.15, -0.1) is 0 Å². The first-order valence-corrected chi connectivity index (χ1v) is 13.3. The van der Waals surface area contributed by atoms with Crippen molar-refractivity contribution in [3.05, 3.63) is 58.7 Å². The van der Waals surface area contributed by atoms with E-state index in [2.05, 4.69) is 38.1 Å². The molecule has 2 aromatic carbocycles. The third-order valence-electron chi connectivity index (χ3n) is 8.53. The minimum Gasteiger partial charge on any atom is -0.508 e. The highest BCUT2D eigenvalue weighted by molar-refractivity contribution is 5.49. The lowest BCUT2D eigenvalue weighted by atomic mass is 9.67. The zero-order valence-electron chi connectivity index (χ0n) is 20.2. The predicted octanol–water partition coefficient (Wildman–Crippen LogP) is 8.69. The van der Waals surface area contributed by atoms with Gasteiger partial charge in [-0.2, -0.15) is 0 Å². The maximum Gasteiger partial charge on any atom is 0.119 e. The van der Waals surface area contributed by atoms with E-state index in [4.69, 9.17) is 0 Å². The molecule has 0 atom stereocenters. The highest BCUT2D eigenvalue weighted by atomic mass is 16.3. The van der Waals surface area contributed by atoms with E-state index >= 15 is 0 Å². The first-order chi connectivity index (χ1) is 15.6. The monoisotopic (exact) mass is 434 g/mol. The first kappa shape index (κ1) is 23.2. The average molecular weight is 435 g/mol. The predicted molar refractivity (Wildman–Crippen MR) is 134 cm³/mol. The van der Waals surface area contributed by atoms with Crippen molar-refractivity contribution >= 4 is 0 Å². The van der Waals surface area contributed by atoms with Gasteiger partial charge in [-0.3, -0.25) is 0 Å². The first-order valence-electron chi connectivity index (χ1n) is 13.3. The summed E-state index contributed by atoms with van der Waals surface area (Å²) in [6.07, 6.45) is 15.7. The van der Waals surface area contributed by atoms with Gasteiger partial charge in [0, 0.05) is 5.41 Å². The van der Waals surface area contributed by atoms with Gasteiger partial charge >= 0.3 is 0 Å². The molecule has 32 heavy (non-hydrogen) atoms. The van der Waals surface area contributed by atoms with E-state index < -0.39 is 0 Å². The Labute approximate surface area is 195 Å². The maximum atomic E-state index is 10.7. The van der Waals surface area contributed by atoms with Crippen LogP contribution in [0.25, 0.3) is 0 Å². The fraction of sp³-hybridized carbons (Fsp3) is 0.600. The van der Waals surface area contributed by atoms with E-state index in [1.54, 1.807) is 0 Å². The minimum absolute atomic E-state index is 0.0804. The molecule has 2 heteroatoms. The van der Waals surface area contributed by atoms with E-state index in [0.29, 0.717) is 23.3 Å². The molecule has 0 spiro atoms. The van der Waals surface area contributed by atoms with E-state index in [1.165, 1.54) is 75.3 Å². The molecule has 2 fully saturated rings. The van der Waals surface area contributed by atoms with Gasteiger partial charge in [0.25, 0.3) is 0 Å². The molecular formula is C30H42O2. The number of rotatable bonds is 7. The van der Waals surface area contributed by atoms with Crippen LogP contribution in [0.1, 0.15) is 131 Å². The van der Waals surface area contributed by atoms with Gasteiger partial charge in [0.15, 0.2) is 0 Å². The van der Waals surface area contributed by atoms with Gasteiger partial charge in [-0.25, -0.2) is 0 Å². The van der Waals surface area contributed by atoms with E-state index in [1.807, 2.05) is 12.1 Å². The van der Waals surface area contributed by atoms with Crippen LogP contribution in [0.5, 0.6) is 11.5 Å². The molecule has 0 amide bonds. The van der Waals surface area contributed by atoms with Crippen LogP contribution in [0.2, 0.25) is 0 Å². The van der Waals surface area contributed by atoms with E-state index in [-0.39, 0.29) is 5.41 Å². The van der Waals surface area contributed by atoms with Crippen molar-refractivity contribution in [1.29, 1.82) is 0 Å². The zero-order valence-corrected chi connectivity index (χ0v) is 20.2. The van der Waals surface area contributed by atoms with Gasteiger partial charge in [-0.05, 0) is 84.7 Å². The second-order valence-corrected chi connectivity index (χ2v) is 10.4. The molecule has 0 radical (unpaired) electrons. The van der Waals surface area contributed by atoms with Crippen LogP contribution < -0.4 is 0 Å². The van der Waals surface area contributed by atoms with Crippen LogP contribution in [0.4, 0.5) is 0 Å². The van der Waals surface area contributed by atoms with Crippen molar-refractivity contribution in [3.8, 4) is 11.5 Å². The van der Waals surface area contributed by atoms with Crippen molar-refractivity contribution in [3.63, 3.8) is 0 Å². The molecule has 2 N–H and O–H groups in total. The fourth-order valence-corrected chi connectivity index (χ4v) is 6.65. The molecule has 0 saturated heterocycles. The molecular weight excluding hydrogens is 392 g/mol. The van der Waals surface area contributed by atoms with E-state index in [9.17, 15) is 10.2 Å². The summed E-state index contributed by atoms with van der Waals surface area (Å²) in [5.41, 5.74) is 4.90. The fourth-order valence-electron chi connectivity index (χ4n) is 6.65. The molecule has 0 aliphatic heterocycles. The lowest BCUT2D eigenvalue weighted by Crippen LogP contribution is -2.27. The topological polar surface area (TPSA) is 40.5 Å². The normalized spacial score (nSPS) is 18.7. The van der Waals surface area contributed by atoms with Crippen molar-refractivity contribution in [2.75, 3.05) is 0 Å². The summed E-state index contributed by atoms with van der Waals surface area (Å²) in [5, 5.41) is 21.5. The standard InChI is InChI=1S/C30H42O2/c1-3-19-30(4-2,24-15-17-28(31)26(20-24)22-11-7-5-8-12-22)25-16-18-29(32)27(21-25)23-13-9-6-10-14-23/h15-18,20-23,31-32H,3-14,19H2,1-2H3. The van der Waals surface area contributed by atoms with Crippen molar-refractivity contribution in [2.24, 2.45) is 0 Å². The Kier molecular flexibility index (Phi) is 7.48. The summed E-state index contributed by atoms with van der Waals surface area (Å²) in [4.78, 5) is 0. The van der Waals surface area contributed by atoms with E-state index in [0.717, 1.165) is 30.4 Å². The highest BCUT2D eigenvalue weighted by Gasteiger charge is 2.34. The summed E-state index contributed by atoms with van der Waals surface area (Å²) in [6, 6.07) is 12.9. The summed E-state index contributed by atoms with van der Waals surface area (Å²) < 4.78 is 0. The Morgan fingerprint density at radius 3 is 1.50 bits per heavy atom. The lowest BCUT2D eigenvalue weighted by molar-refractivity contribution is 0.405. The largest absolute Gasteiger partial charge is 0.508 e. The zero-order chi connectivity index (χ0) is 22.6. The number of phenols is 2. The SMILES string of the molecule is CCCC(CC)(c1ccc(O)c(C2CCCCC2)c1)c1ccc(O)c(C2CCCCC2)c1. The Balaban J connectivity index is 1.78. The second kappa shape index (κ2) is 10.3. The molecule has 0 unspecified atom stereocenters. The molecule has 174 valence electrons. The molecule has 2 aliphatic carbocycles. The maximum absolute atomic E-state index is 10.7. The van der Waals surface area contributed by atoms with Crippen LogP contribution in [0.3, 0.4) is 0 Å². The molecule has 2 aliphatic rings. The molecule has 4 rings (SSSR count). The average Bonchev–Trinajstić information content (AvgIpc) is 2.84. The summed E-state index contributed by atoms with van der Waals surface area (Å²) >= 11 is 0. The molecule has 0 aromatic heterocycles. The quantitative estimate of drug-likeness (QED) is 0.457. The minimum atomic E-state index is -0.0804. The van der Waals surface area contributed by atoms with Gasteiger partial charge in [0.05, 0.1) is 0 Å². The van der Waals surface area contributed by atoms with Crippen LogP contribution in [-0.4, -0.2) is 10.2 Å². The Morgan fingerprint density at radius 1 is 0.688 bits per heavy atom. The molecule has 2 nitrogen and oxygen atoms in total. The summed E-state index contributed by atoms with van der Waals surface area (Å²) in [5.74, 6) is 1.90. The Morgan fingerprint density at radius 2 is 1.12 bits per heavy atom. The molecule has 0 heterocycles. The molecule has 2 aromatic rings. The Bertz CT molecular complexity index is 820. The smallest absolute Gasteiger partial charge is 0.119 e. The summed E-state index contributed by atoms with van der Waals surface area (Å²) in [7, 11) is 0. The van der Waals surface area contributed by atoms with Gasteiger partial charge < -0.3 is 10.2 Å². The van der Waals surface area contributed by atoms with Crippen molar-refractivity contribution < 1.29 is 10.2 Å². The number of hydrogen-bond acceptors (Lipinski definition) is 2. The molecule has 2 saturated carbocycles. The Hall–Kier alpha value is -1.96. The third-order valence-corrected chi connectivity index (χ3v) is 8.53. The van der Waals surface area contributed by atoms with Gasteiger partial charge in [0.1, 0.15) is 11.5 Å². The van der Waals surface area contributed by atoms with Crippen LogP contribution >= 0.6 is 0 Å². The van der Waals surface area contributed by atoms with Crippen molar-refractivity contribution in [1.82, 2.24) is 0 Å². The third kappa shape index (κ3) is 4.56. The van der Waals surface area contributed by atoms with Crippen molar-refractivity contribution in [2.45, 2.75) is 115 Å². The lowest BCUT2D eigenvalue weighted by Gasteiger charge is -2.36. The number of phenolic OH excluding ortho intramolecular Hbond substituents is 2. The van der Waals surface area contributed by atoms with Gasteiger partial charge in [-0.1, -0.05) is 83.1 Å². The van der Waals surface area contributed by atoms with Crippen LogP contribution in [0.15, 0.2) is 36.4 Å². The van der Waals surface area contributed by atoms with Crippen LogP contribution in [-0.2, 0) is 5.41 Å². The number of benzene rings is 2.